The number of amides is 1. The number of halogens is 1. The lowest BCUT2D eigenvalue weighted by Gasteiger charge is -2.46. The van der Waals surface area contributed by atoms with Crippen LogP contribution in [0.5, 0.6) is 5.75 Å². The number of benzene rings is 2. The number of aromatic hydroxyl groups is 1. The molecule has 1 amide bonds. The first-order valence-corrected chi connectivity index (χ1v) is 14.7. The second kappa shape index (κ2) is 10.9. The molecule has 3 aliphatic carbocycles. The maximum Gasteiger partial charge on any atom is 0.255 e. The number of hydrogen-bond donors (Lipinski definition) is 4. The minimum Gasteiger partial charge on any atom is -0.511 e. The van der Waals surface area contributed by atoms with E-state index in [-0.39, 0.29) is 16.9 Å². The molecule has 6 rings (SSSR count). The van der Waals surface area contributed by atoms with E-state index >= 15 is 0 Å². The summed E-state index contributed by atoms with van der Waals surface area (Å²) in [6.07, 6.45) is 0.993. The number of phenols is 1. The lowest BCUT2D eigenvalue weighted by molar-refractivity contribution is -0.127. The second-order valence-electron chi connectivity index (χ2n) is 12.4. The SMILES string of the molecule is CN(C)[C@@H]1C(O)=C(C(N)=O)C(=O)C2C(O)=C3C(=O)c4c(O)ccc(-c5ccc(CN6CCC(F)CC6)cc5)c4CC3CC21. The van der Waals surface area contributed by atoms with Crippen LogP contribution in [0, 0.1) is 17.8 Å². The van der Waals surface area contributed by atoms with E-state index in [0.717, 1.165) is 36.3 Å². The maximum atomic E-state index is 14.0. The van der Waals surface area contributed by atoms with Crippen LogP contribution in [0.4, 0.5) is 4.39 Å². The van der Waals surface area contributed by atoms with Gasteiger partial charge in [0.25, 0.3) is 5.91 Å². The lowest BCUT2D eigenvalue weighted by atomic mass is 9.60. The highest BCUT2D eigenvalue weighted by atomic mass is 19.1. The van der Waals surface area contributed by atoms with Crippen LogP contribution in [0.2, 0.25) is 0 Å². The summed E-state index contributed by atoms with van der Waals surface area (Å²) in [5.74, 6) is -5.80. The van der Waals surface area contributed by atoms with Crippen molar-refractivity contribution < 1.29 is 34.1 Å². The quantitative estimate of drug-likeness (QED) is 0.387. The smallest absolute Gasteiger partial charge is 0.255 e. The Morgan fingerprint density at radius 3 is 2.33 bits per heavy atom. The molecule has 5 N–H and O–H groups in total. The first-order valence-electron chi connectivity index (χ1n) is 14.7. The van der Waals surface area contributed by atoms with Crippen molar-refractivity contribution in [1.29, 1.82) is 0 Å². The summed E-state index contributed by atoms with van der Waals surface area (Å²) in [5, 5.41) is 33.2. The Morgan fingerprint density at radius 1 is 1.02 bits per heavy atom. The molecule has 2 aromatic rings. The Kier molecular flexibility index (Phi) is 7.38. The Bertz CT molecular complexity index is 1570. The van der Waals surface area contributed by atoms with Gasteiger partial charge in [-0.3, -0.25) is 24.2 Å². The van der Waals surface area contributed by atoms with E-state index < -0.39 is 64.5 Å². The van der Waals surface area contributed by atoms with Crippen LogP contribution < -0.4 is 5.73 Å². The molecule has 4 atom stereocenters. The third kappa shape index (κ3) is 4.82. The van der Waals surface area contributed by atoms with Gasteiger partial charge in [0.1, 0.15) is 29.0 Å². The highest BCUT2D eigenvalue weighted by molar-refractivity contribution is 6.22. The molecule has 10 heteroatoms. The summed E-state index contributed by atoms with van der Waals surface area (Å²) < 4.78 is 13.5. The molecular formula is C33H36FN3O6. The minimum atomic E-state index is -1.21. The van der Waals surface area contributed by atoms with Gasteiger partial charge >= 0.3 is 0 Å². The van der Waals surface area contributed by atoms with E-state index in [9.17, 15) is 34.1 Å². The topological polar surface area (TPSA) is 144 Å². The Balaban J connectivity index is 1.36. The van der Waals surface area contributed by atoms with Gasteiger partial charge in [-0.1, -0.05) is 30.3 Å². The highest BCUT2D eigenvalue weighted by Gasteiger charge is 2.54. The molecule has 3 unspecified atom stereocenters. The van der Waals surface area contributed by atoms with E-state index in [1.54, 1.807) is 25.1 Å². The van der Waals surface area contributed by atoms with Crippen molar-refractivity contribution in [2.45, 2.75) is 44.4 Å². The van der Waals surface area contributed by atoms with Gasteiger partial charge in [0, 0.05) is 25.2 Å². The molecule has 226 valence electrons. The third-order valence-corrected chi connectivity index (χ3v) is 9.64. The average Bonchev–Trinajstić information content (AvgIpc) is 2.94. The fourth-order valence-electron chi connectivity index (χ4n) is 7.65. The van der Waals surface area contributed by atoms with Gasteiger partial charge in [0.2, 0.25) is 0 Å². The number of phenolic OH excluding ortho intramolecular Hbond substituents is 1. The van der Waals surface area contributed by atoms with Crippen LogP contribution in [-0.2, 0) is 22.6 Å². The van der Waals surface area contributed by atoms with E-state index in [1.165, 1.54) is 6.07 Å². The van der Waals surface area contributed by atoms with Crippen molar-refractivity contribution in [3.05, 3.63) is 75.8 Å². The molecule has 4 aliphatic rings. The number of aliphatic hydroxyl groups is 2. The number of Topliss-reactive ketones (excluding diaryl/α,β-unsaturated/α-hetero) is 2. The number of allylic oxidation sites excluding steroid dienone is 2. The van der Waals surface area contributed by atoms with Crippen LogP contribution in [0.25, 0.3) is 11.1 Å². The number of likely N-dealkylation sites (N-methyl/N-ethyl adjacent to an activating group) is 1. The molecule has 1 heterocycles. The third-order valence-electron chi connectivity index (χ3n) is 9.64. The predicted octanol–water partition coefficient (Wildman–Crippen LogP) is 3.61. The zero-order chi connectivity index (χ0) is 30.7. The summed E-state index contributed by atoms with van der Waals surface area (Å²) in [6.45, 7) is 2.17. The Labute approximate surface area is 249 Å². The number of nitrogens with zero attached hydrogens (tertiary/aromatic N) is 2. The van der Waals surface area contributed by atoms with E-state index in [2.05, 4.69) is 4.90 Å². The predicted molar refractivity (Wildman–Crippen MR) is 157 cm³/mol. The highest BCUT2D eigenvalue weighted by Crippen LogP contribution is 2.51. The second-order valence-corrected chi connectivity index (χ2v) is 12.4. The fraction of sp³-hybridized carbons (Fsp3) is 0.424. The number of hydrogen-bond acceptors (Lipinski definition) is 8. The molecule has 0 aromatic heterocycles. The van der Waals surface area contributed by atoms with E-state index in [4.69, 9.17) is 5.73 Å². The van der Waals surface area contributed by atoms with Crippen LogP contribution in [-0.4, -0.2) is 82.0 Å². The van der Waals surface area contributed by atoms with Gasteiger partial charge in [-0.15, -0.1) is 0 Å². The van der Waals surface area contributed by atoms with Crippen LogP contribution in [0.15, 0.2) is 59.1 Å². The standard InChI is InChI=1S/C33H36FN3O6/c1-36(2)28-22-14-18-13-21-20(17-5-3-16(4-6-17)15-37-11-9-19(34)10-12-37)7-8-23(38)25(21)29(39)24(18)30(40)26(22)31(41)27(32(28)42)33(35)43/h3-8,18-19,22,26,28,38,40,42H,9-15H2,1-2H3,(H2,35,43)/t18?,22?,26?,28-/m0/s1. The monoisotopic (exact) mass is 589 g/mol. The number of aliphatic hydroxyl groups excluding tert-OH is 2. The molecule has 43 heavy (non-hydrogen) atoms. The van der Waals surface area contributed by atoms with Crippen molar-refractivity contribution in [2.75, 3.05) is 27.2 Å². The molecule has 1 fully saturated rings. The van der Waals surface area contributed by atoms with Gasteiger partial charge in [0.05, 0.1) is 17.5 Å². The number of ketones is 2. The molecule has 1 saturated heterocycles. The van der Waals surface area contributed by atoms with Crippen molar-refractivity contribution >= 4 is 17.5 Å². The van der Waals surface area contributed by atoms with E-state index in [1.807, 2.05) is 24.3 Å². The van der Waals surface area contributed by atoms with Crippen LogP contribution in [0.1, 0.15) is 40.7 Å². The summed E-state index contributed by atoms with van der Waals surface area (Å²) in [7, 11) is 3.40. The zero-order valence-corrected chi connectivity index (χ0v) is 24.2. The van der Waals surface area contributed by atoms with Gasteiger partial charge in [-0.05, 0) is 79.9 Å². The zero-order valence-electron chi connectivity index (χ0n) is 24.2. The van der Waals surface area contributed by atoms with E-state index in [0.29, 0.717) is 31.2 Å². The summed E-state index contributed by atoms with van der Waals surface area (Å²) in [4.78, 5) is 43.4. The normalized spacial score (nSPS) is 26.4. The van der Waals surface area contributed by atoms with Crippen molar-refractivity contribution in [1.82, 2.24) is 9.80 Å². The fourth-order valence-corrected chi connectivity index (χ4v) is 7.65. The number of primary amides is 1. The minimum absolute atomic E-state index is 0.0599. The number of fused-ring (bicyclic) bond motifs is 3. The molecule has 0 radical (unpaired) electrons. The number of piperidine rings is 1. The van der Waals surface area contributed by atoms with Gasteiger partial charge in [-0.25, -0.2) is 4.39 Å². The van der Waals surface area contributed by atoms with Gasteiger partial charge in [-0.2, -0.15) is 0 Å². The Morgan fingerprint density at radius 2 is 1.70 bits per heavy atom. The van der Waals surface area contributed by atoms with Crippen molar-refractivity contribution in [3.8, 4) is 16.9 Å². The van der Waals surface area contributed by atoms with Gasteiger partial charge < -0.3 is 21.1 Å². The molecule has 1 aliphatic heterocycles. The molecule has 0 bridgehead atoms. The molecule has 0 saturated carbocycles. The van der Waals surface area contributed by atoms with Crippen LogP contribution >= 0.6 is 0 Å². The van der Waals surface area contributed by atoms with Crippen molar-refractivity contribution in [3.63, 3.8) is 0 Å². The molecular weight excluding hydrogens is 553 g/mol. The van der Waals surface area contributed by atoms with Crippen molar-refractivity contribution in [2.24, 2.45) is 23.5 Å². The molecule has 2 aromatic carbocycles. The molecule has 9 nitrogen and oxygen atoms in total. The molecule has 0 spiro atoms. The summed E-state index contributed by atoms with van der Waals surface area (Å²) >= 11 is 0. The maximum absolute atomic E-state index is 14.0. The number of carbonyl (C=O) groups excluding carboxylic acids is 3. The first kappa shape index (κ1) is 29.1. The number of likely N-dealkylation sites (tertiary alicyclic amines) is 1. The Hall–Kier alpha value is -4.02. The van der Waals surface area contributed by atoms with Gasteiger partial charge in [0.15, 0.2) is 11.6 Å². The summed E-state index contributed by atoms with van der Waals surface area (Å²) in [5.41, 5.74) is 8.44. The average molecular weight is 590 g/mol. The number of rotatable bonds is 5. The number of alkyl halides is 1. The largest absolute Gasteiger partial charge is 0.511 e. The number of carbonyl (C=O) groups is 3. The van der Waals surface area contributed by atoms with Crippen LogP contribution in [0.3, 0.4) is 0 Å². The number of nitrogens with two attached hydrogens (primary N) is 1. The lowest BCUT2D eigenvalue weighted by Crippen LogP contribution is -2.53. The first-order chi connectivity index (χ1) is 20.5. The summed E-state index contributed by atoms with van der Waals surface area (Å²) in [6, 6.07) is 10.5.